The van der Waals surface area contributed by atoms with Gasteiger partial charge in [-0.2, -0.15) is 0 Å². The molecule has 19 heavy (non-hydrogen) atoms. The fourth-order valence-corrected chi connectivity index (χ4v) is 2.08. The predicted octanol–water partition coefficient (Wildman–Crippen LogP) is 1.85. The molecule has 0 aliphatic carbocycles. The summed E-state index contributed by atoms with van der Waals surface area (Å²) in [6.45, 7) is 3.98. The Morgan fingerprint density at radius 1 is 1.37 bits per heavy atom. The van der Waals surface area contributed by atoms with Gasteiger partial charge < -0.3 is 5.32 Å². The van der Waals surface area contributed by atoms with E-state index < -0.39 is 11.9 Å². The first-order chi connectivity index (χ1) is 9.02. The molecule has 2 rings (SSSR count). The number of hydrogen-bond donors (Lipinski definition) is 1. The van der Waals surface area contributed by atoms with Gasteiger partial charge in [-0.1, -0.05) is 6.92 Å². The predicted molar refractivity (Wildman–Crippen MR) is 70.2 cm³/mol. The highest BCUT2D eigenvalue weighted by atomic mass is 19.1. The van der Waals surface area contributed by atoms with Gasteiger partial charge in [0.25, 0.3) is 5.91 Å². The molecule has 1 aromatic carbocycles. The Morgan fingerprint density at radius 3 is 2.58 bits per heavy atom. The maximum Gasteiger partial charge on any atom is 0.251 e. The molecule has 2 amide bonds. The zero-order valence-electron chi connectivity index (χ0n) is 11.0. The third-order valence-electron chi connectivity index (χ3n) is 3.33. The Hall–Kier alpha value is -1.75. The van der Waals surface area contributed by atoms with E-state index in [0.29, 0.717) is 5.69 Å². The van der Waals surface area contributed by atoms with Gasteiger partial charge in [-0.05, 0) is 37.6 Å². The van der Waals surface area contributed by atoms with Crippen molar-refractivity contribution in [1.82, 2.24) is 5.32 Å². The molecule has 2 unspecified atom stereocenters. The third-order valence-corrected chi connectivity index (χ3v) is 3.33. The molecule has 0 spiro atoms. The van der Waals surface area contributed by atoms with Gasteiger partial charge in [-0.25, -0.2) is 9.29 Å². The highest BCUT2D eigenvalue weighted by molar-refractivity contribution is 6.22. The van der Waals surface area contributed by atoms with E-state index in [9.17, 15) is 14.0 Å². The average molecular weight is 264 g/mol. The fourth-order valence-electron chi connectivity index (χ4n) is 2.08. The lowest BCUT2D eigenvalue weighted by Gasteiger charge is -2.18. The van der Waals surface area contributed by atoms with Crippen molar-refractivity contribution < 1.29 is 14.0 Å². The third kappa shape index (κ3) is 2.81. The number of carbonyl (C=O) groups is 2. The molecule has 1 aliphatic rings. The maximum absolute atomic E-state index is 12.9. The largest absolute Gasteiger partial charge is 0.303 e. The molecule has 1 fully saturated rings. The fraction of sp³-hybridized carbons (Fsp3) is 0.429. The van der Waals surface area contributed by atoms with E-state index in [1.165, 1.54) is 24.3 Å². The smallest absolute Gasteiger partial charge is 0.251 e. The van der Waals surface area contributed by atoms with Crippen LogP contribution in [-0.4, -0.2) is 23.9 Å². The highest BCUT2D eigenvalue weighted by Gasteiger charge is 2.39. The number of hydrogen-bond acceptors (Lipinski definition) is 3. The van der Waals surface area contributed by atoms with Crippen molar-refractivity contribution in [3.05, 3.63) is 30.1 Å². The van der Waals surface area contributed by atoms with Crippen molar-refractivity contribution in [3.8, 4) is 0 Å². The zero-order valence-corrected chi connectivity index (χ0v) is 11.0. The summed E-state index contributed by atoms with van der Waals surface area (Å²) in [5.41, 5.74) is 0.421. The molecule has 1 N–H and O–H groups in total. The van der Waals surface area contributed by atoms with Gasteiger partial charge in [0.15, 0.2) is 0 Å². The van der Waals surface area contributed by atoms with Gasteiger partial charge in [0.1, 0.15) is 5.82 Å². The Bertz CT molecular complexity index is 487. The van der Waals surface area contributed by atoms with Crippen LogP contribution < -0.4 is 10.2 Å². The number of imide groups is 1. The van der Waals surface area contributed by atoms with Crippen LogP contribution in [0.15, 0.2) is 24.3 Å². The van der Waals surface area contributed by atoms with Crippen molar-refractivity contribution in [2.75, 3.05) is 4.90 Å². The molecule has 1 aliphatic heterocycles. The summed E-state index contributed by atoms with van der Waals surface area (Å²) >= 11 is 0. The number of rotatable bonds is 4. The Labute approximate surface area is 111 Å². The summed E-state index contributed by atoms with van der Waals surface area (Å²) in [5, 5.41) is 3.13. The molecule has 1 heterocycles. The van der Waals surface area contributed by atoms with E-state index in [4.69, 9.17) is 0 Å². The summed E-state index contributed by atoms with van der Waals surface area (Å²) in [5.74, 6) is -0.911. The average Bonchev–Trinajstić information content (AvgIpc) is 2.66. The molecular formula is C14H17FN2O2. The van der Waals surface area contributed by atoms with Crippen molar-refractivity contribution in [1.29, 1.82) is 0 Å². The molecule has 2 atom stereocenters. The molecule has 102 valence electrons. The monoisotopic (exact) mass is 264 g/mol. The lowest BCUT2D eigenvalue weighted by molar-refractivity contribution is -0.121. The second kappa shape index (κ2) is 5.48. The summed E-state index contributed by atoms with van der Waals surface area (Å²) < 4.78 is 12.9. The van der Waals surface area contributed by atoms with Crippen LogP contribution in [0.4, 0.5) is 10.1 Å². The standard InChI is InChI=1S/C14H17FN2O2/c1-3-9(2)16-12-8-13(18)17(14(12)19)11-6-4-10(15)5-7-11/h4-7,9,12,16H,3,8H2,1-2H3. The SMILES string of the molecule is CCC(C)NC1CC(=O)N(c2ccc(F)cc2)C1=O. The Kier molecular flexibility index (Phi) is 3.95. The Balaban J connectivity index is 2.16. The van der Waals surface area contributed by atoms with E-state index in [0.717, 1.165) is 11.3 Å². The van der Waals surface area contributed by atoms with Gasteiger partial charge in [-0.3, -0.25) is 9.59 Å². The van der Waals surface area contributed by atoms with E-state index in [1.807, 2.05) is 13.8 Å². The second-order valence-corrected chi connectivity index (χ2v) is 4.78. The minimum absolute atomic E-state index is 0.153. The van der Waals surface area contributed by atoms with Crippen LogP contribution in [0.1, 0.15) is 26.7 Å². The number of nitrogens with one attached hydrogen (secondary N) is 1. The van der Waals surface area contributed by atoms with Gasteiger partial charge in [0, 0.05) is 6.04 Å². The van der Waals surface area contributed by atoms with E-state index in [-0.39, 0.29) is 24.3 Å². The van der Waals surface area contributed by atoms with Crippen molar-refractivity contribution in [3.63, 3.8) is 0 Å². The molecule has 4 nitrogen and oxygen atoms in total. The van der Waals surface area contributed by atoms with Gasteiger partial charge in [-0.15, -0.1) is 0 Å². The van der Waals surface area contributed by atoms with Crippen molar-refractivity contribution in [2.24, 2.45) is 0 Å². The lowest BCUT2D eigenvalue weighted by Crippen LogP contribution is -2.42. The number of anilines is 1. The van der Waals surface area contributed by atoms with Crippen LogP contribution in [0.5, 0.6) is 0 Å². The number of carbonyl (C=O) groups excluding carboxylic acids is 2. The summed E-state index contributed by atoms with van der Waals surface area (Å²) in [7, 11) is 0. The number of nitrogens with zero attached hydrogens (tertiary/aromatic N) is 1. The minimum Gasteiger partial charge on any atom is -0.303 e. The van der Waals surface area contributed by atoms with Crippen LogP contribution in [0, 0.1) is 5.82 Å². The first-order valence-corrected chi connectivity index (χ1v) is 6.41. The molecular weight excluding hydrogens is 247 g/mol. The molecule has 0 bridgehead atoms. The Morgan fingerprint density at radius 2 is 2.00 bits per heavy atom. The van der Waals surface area contributed by atoms with Crippen LogP contribution in [0.25, 0.3) is 0 Å². The van der Waals surface area contributed by atoms with Crippen LogP contribution >= 0.6 is 0 Å². The number of benzene rings is 1. The normalized spacial score (nSPS) is 21.0. The van der Waals surface area contributed by atoms with Crippen molar-refractivity contribution >= 4 is 17.5 Å². The molecule has 0 radical (unpaired) electrons. The maximum atomic E-state index is 12.9. The number of halogens is 1. The minimum atomic E-state index is -0.479. The molecule has 1 saturated heterocycles. The van der Waals surface area contributed by atoms with Gasteiger partial charge >= 0.3 is 0 Å². The van der Waals surface area contributed by atoms with Crippen LogP contribution in [-0.2, 0) is 9.59 Å². The summed E-state index contributed by atoms with van der Waals surface area (Å²) in [4.78, 5) is 25.2. The van der Waals surface area contributed by atoms with E-state index in [1.54, 1.807) is 0 Å². The first kappa shape index (κ1) is 13.7. The molecule has 0 aromatic heterocycles. The summed E-state index contributed by atoms with van der Waals surface area (Å²) in [6, 6.07) is 5.06. The highest BCUT2D eigenvalue weighted by Crippen LogP contribution is 2.23. The van der Waals surface area contributed by atoms with Crippen LogP contribution in [0.2, 0.25) is 0 Å². The van der Waals surface area contributed by atoms with Gasteiger partial charge in [0.05, 0.1) is 18.2 Å². The topological polar surface area (TPSA) is 49.4 Å². The van der Waals surface area contributed by atoms with E-state index >= 15 is 0 Å². The lowest BCUT2D eigenvalue weighted by atomic mass is 10.2. The molecule has 5 heteroatoms. The van der Waals surface area contributed by atoms with Crippen LogP contribution in [0.3, 0.4) is 0 Å². The zero-order chi connectivity index (χ0) is 14.0. The summed E-state index contributed by atoms with van der Waals surface area (Å²) in [6.07, 6.45) is 1.04. The second-order valence-electron chi connectivity index (χ2n) is 4.78. The van der Waals surface area contributed by atoms with Gasteiger partial charge in [0.2, 0.25) is 5.91 Å². The number of amides is 2. The molecule has 0 saturated carbocycles. The van der Waals surface area contributed by atoms with E-state index in [2.05, 4.69) is 5.32 Å². The first-order valence-electron chi connectivity index (χ1n) is 6.41. The quantitative estimate of drug-likeness (QED) is 0.844. The van der Waals surface area contributed by atoms with Crippen molar-refractivity contribution in [2.45, 2.75) is 38.8 Å². The molecule has 1 aromatic rings.